The summed E-state index contributed by atoms with van der Waals surface area (Å²) in [6.45, 7) is 0. The van der Waals surface area contributed by atoms with Gasteiger partial charge in [-0.15, -0.1) is 0 Å². The molecule has 1 heterocycles. The molecule has 2 unspecified atom stereocenters. The summed E-state index contributed by atoms with van der Waals surface area (Å²) < 4.78 is 5.94. The molecule has 1 saturated carbocycles. The minimum atomic E-state index is -0.527. The fourth-order valence-corrected chi connectivity index (χ4v) is 3.56. The fourth-order valence-electron chi connectivity index (χ4n) is 3.56. The molecule has 118 valence electrons. The summed E-state index contributed by atoms with van der Waals surface area (Å²) in [6, 6.07) is 15.3. The van der Waals surface area contributed by atoms with Gasteiger partial charge in [-0.05, 0) is 31.4 Å². The van der Waals surface area contributed by atoms with Gasteiger partial charge in [-0.1, -0.05) is 36.4 Å². The predicted molar refractivity (Wildman–Crippen MR) is 86.3 cm³/mol. The van der Waals surface area contributed by atoms with Crippen LogP contribution >= 0.6 is 0 Å². The summed E-state index contributed by atoms with van der Waals surface area (Å²) >= 11 is 0. The van der Waals surface area contributed by atoms with Gasteiger partial charge in [-0.2, -0.15) is 0 Å². The smallest absolute Gasteiger partial charge is 0.226 e. The third-order valence-electron chi connectivity index (χ3n) is 4.78. The van der Waals surface area contributed by atoms with Gasteiger partial charge < -0.3 is 15.2 Å². The number of carbonyl (C=O) groups is 1. The molecule has 2 atom stereocenters. The third-order valence-corrected chi connectivity index (χ3v) is 4.78. The molecule has 2 N–H and O–H groups in total. The topological polar surface area (TPSA) is 58.6 Å². The Labute approximate surface area is 135 Å². The molecule has 1 aliphatic carbocycles. The molecule has 1 fully saturated rings. The van der Waals surface area contributed by atoms with E-state index in [1.165, 1.54) is 0 Å². The highest BCUT2D eigenvalue weighted by molar-refractivity contribution is 5.81. The quantitative estimate of drug-likeness (QED) is 0.896. The molecular weight excluding hydrogens is 290 g/mol. The Bertz CT molecular complexity index is 697. The number of para-hydroxylation sites is 2. The van der Waals surface area contributed by atoms with E-state index in [4.69, 9.17) is 4.74 Å². The first kappa shape index (κ1) is 14.3. The highest BCUT2D eigenvalue weighted by Crippen LogP contribution is 2.42. The normalized spacial score (nSPS) is 22.8. The van der Waals surface area contributed by atoms with E-state index in [2.05, 4.69) is 5.32 Å². The Morgan fingerprint density at radius 1 is 1.00 bits per heavy atom. The second-order valence-corrected chi connectivity index (χ2v) is 6.22. The summed E-state index contributed by atoms with van der Waals surface area (Å²) in [6.07, 6.45) is 1.83. The Kier molecular flexibility index (Phi) is 3.54. The maximum Gasteiger partial charge on any atom is 0.226 e. The van der Waals surface area contributed by atoms with Gasteiger partial charge >= 0.3 is 0 Å². The Hall–Kier alpha value is -2.33. The molecule has 23 heavy (non-hydrogen) atoms. The van der Waals surface area contributed by atoms with Crippen molar-refractivity contribution in [2.45, 2.75) is 31.4 Å². The van der Waals surface area contributed by atoms with Gasteiger partial charge in [0, 0.05) is 11.1 Å². The average molecular weight is 309 g/mol. The molecule has 2 aromatic rings. The van der Waals surface area contributed by atoms with Crippen molar-refractivity contribution in [1.29, 1.82) is 0 Å². The van der Waals surface area contributed by atoms with Crippen LogP contribution in [0, 0.1) is 5.92 Å². The van der Waals surface area contributed by atoms with Crippen LogP contribution in [0.3, 0.4) is 0 Å². The van der Waals surface area contributed by atoms with Gasteiger partial charge in [0.05, 0.1) is 18.1 Å². The standard InChI is InChI=1S/C19H19NO3/c21-15-9-5-8-12(15)19(22)20-18-13-6-1-3-10-16(13)23-17-11-4-2-7-14(17)18/h1-4,6-7,10-12,15,18,21H,5,8-9H2,(H,20,22). The van der Waals surface area contributed by atoms with Gasteiger partial charge in [0.25, 0.3) is 0 Å². The molecule has 1 aliphatic heterocycles. The number of aliphatic hydroxyl groups excluding tert-OH is 1. The highest BCUT2D eigenvalue weighted by Gasteiger charge is 2.35. The Morgan fingerprint density at radius 3 is 2.17 bits per heavy atom. The number of rotatable bonds is 2. The molecule has 0 spiro atoms. The van der Waals surface area contributed by atoms with E-state index >= 15 is 0 Å². The molecule has 0 radical (unpaired) electrons. The number of fused-ring (bicyclic) bond motifs is 2. The lowest BCUT2D eigenvalue weighted by molar-refractivity contribution is -0.128. The Balaban J connectivity index is 1.69. The van der Waals surface area contributed by atoms with Gasteiger partial charge in [-0.3, -0.25) is 4.79 Å². The number of amides is 1. The van der Waals surface area contributed by atoms with Crippen LogP contribution in [0.15, 0.2) is 48.5 Å². The minimum Gasteiger partial charge on any atom is -0.457 e. The van der Waals surface area contributed by atoms with Crippen molar-refractivity contribution in [3.05, 3.63) is 59.7 Å². The summed E-state index contributed by atoms with van der Waals surface area (Å²) in [5, 5.41) is 13.1. The van der Waals surface area contributed by atoms with Crippen LogP contribution < -0.4 is 10.1 Å². The van der Waals surface area contributed by atoms with E-state index < -0.39 is 6.10 Å². The van der Waals surface area contributed by atoms with Crippen LogP contribution in [0.5, 0.6) is 11.5 Å². The molecule has 2 aliphatic rings. The molecule has 0 saturated heterocycles. The van der Waals surface area contributed by atoms with E-state index in [9.17, 15) is 9.90 Å². The van der Waals surface area contributed by atoms with Crippen LogP contribution in [0.25, 0.3) is 0 Å². The lowest BCUT2D eigenvalue weighted by atomic mass is 9.93. The van der Waals surface area contributed by atoms with Crippen molar-refractivity contribution >= 4 is 5.91 Å². The first-order valence-electron chi connectivity index (χ1n) is 8.08. The van der Waals surface area contributed by atoms with Gasteiger partial charge in [-0.25, -0.2) is 0 Å². The number of nitrogens with one attached hydrogen (secondary N) is 1. The van der Waals surface area contributed by atoms with Crippen LogP contribution in [0.1, 0.15) is 36.4 Å². The van der Waals surface area contributed by atoms with Crippen molar-refractivity contribution in [1.82, 2.24) is 5.32 Å². The number of hydrogen-bond acceptors (Lipinski definition) is 3. The molecule has 2 aromatic carbocycles. The monoisotopic (exact) mass is 309 g/mol. The molecule has 0 bridgehead atoms. The number of benzene rings is 2. The number of ether oxygens (including phenoxy) is 1. The van der Waals surface area contributed by atoms with Crippen LogP contribution in [-0.2, 0) is 4.79 Å². The largest absolute Gasteiger partial charge is 0.457 e. The van der Waals surface area contributed by atoms with E-state index in [1.54, 1.807) is 0 Å². The summed E-state index contributed by atoms with van der Waals surface area (Å²) in [7, 11) is 0. The third kappa shape index (κ3) is 2.49. The second-order valence-electron chi connectivity index (χ2n) is 6.22. The second kappa shape index (κ2) is 5.70. The van der Waals surface area contributed by atoms with Gasteiger partial charge in [0.2, 0.25) is 5.91 Å². The van der Waals surface area contributed by atoms with E-state index in [0.717, 1.165) is 35.5 Å². The van der Waals surface area contributed by atoms with E-state index in [1.807, 2.05) is 48.5 Å². The highest BCUT2D eigenvalue weighted by atomic mass is 16.5. The average Bonchev–Trinajstić information content (AvgIpc) is 3.00. The molecular formula is C19H19NO3. The first-order valence-corrected chi connectivity index (χ1v) is 8.08. The summed E-state index contributed by atoms with van der Waals surface area (Å²) in [5.41, 5.74) is 1.90. The van der Waals surface area contributed by atoms with Gasteiger partial charge in [0.1, 0.15) is 11.5 Å². The minimum absolute atomic E-state index is 0.0773. The predicted octanol–water partition coefficient (Wildman–Crippen LogP) is 3.16. The zero-order chi connectivity index (χ0) is 15.8. The lowest BCUT2D eigenvalue weighted by Crippen LogP contribution is -2.38. The maximum atomic E-state index is 12.6. The molecule has 1 amide bonds. The fraction of sp³-hybridized carbons (Fsp3) is 0.316. The summed E-state index contributed by atoms with van der Waals surface area (Å²) in [4.78, 5) is 12.6. The summed E-state index contributed by atoms with van der Waals surface area (Å²) in [5.74, 6) is 1.15. The first-order chi connectivity index (χ1) is 11.2. The van der Waals surface area contributed by atoms with E-state index in [-0.39, 0.29) is 17.9 Å². The van der Waals surface area contributed by atoms with E-state index in [0.29, 0.717) is 6.42 Å². The van der Waals surface area contributed by atoms with Crippen LogP contribution in [0.4, 0.5) is 0 Å². The van der Waals surface area contributed by atoms with Crippen LogP contribution in [-0.4, -0.2) is 17.1 Å². The number of hydrogen-bond donors (Lipinski definition) is 2. The zero-order valence-electron chi connectivity index (χ0n) is 12.7. The molecule has 4 heteroatoms. The van der Waals surface area contributed by atoms with Crippen molar-refractivity contribution in [2.75, 3.05) is 0 Å². The van der Waals surface area contributed by atoms with Crippen molar-refractivity contribution < 1.29 is 14.6 Å². The SMILES string of the molecule is O=C(NC1c2ccccc2Oc2ccccc21)C1CCCC1O. The lowest BCUT2D eigenvalue weighted by Gasteiger charge is -2.30. The van der Waals surface area contributed by atoms with Crippen molar-refractivity contribution in [3.8, 4) is 11.5 Å². The number of carbonyl (C=O) groups excluding carboxylic acids is 1. The molecule has 4 rings (SSSR count). The van der Waals surface area contributed by atoms with Crippen molar-refractivity contribution in [3.63, 3.8) is 0 Å². The van der Waals surface area contributed by atoms with Crippen molar-refractivity contribution in [2.24, 2.45) is 5.92 Å². The Morgan fingerprint density at radius 2 is 1.61 bits per heavy atom. The van der Waals surface area contributed by atoms with Crippen LogP contribution in [0.2, 0.25) is 0 Å². The number of aliphatic hydroxyl groups is 1. The molecule has 4 nitrogen and oxygen atoms in total. The molecule has 0 aromatic heterocycles. The zero-order valence-corrected chi connectivity index (χ0v) is 12.7. The maximum absolute atomic E-state index is 12.6. The van der Waals surface area contributed by atoms with Gasteiger partial charge in [0.15, 0.2) is 0 Å².